The van der Waals surface area contributed by atoms with E-state index in [0.29, 0.717) is 36.6 Å². The number of sulfonamides is 1. The van der Waals surface area contributed by atoms with Crippen molar-refractivity contribution in [2.24, 2.45) is 11.8 Å². The maximum absolute atomic E-state index is 14.5. The molecule has 0 saturated carbocycles. The van der Waals surface area contributed by atoms with Gasteiger partial charge in [-0.3, -0.25) is 4.79 Å². The molecule has 0 unspecified atom stereocenters. The molecule has 5 heterocycles. The molecule has 4 aromatic rings. The third-order valence-electron chi connectivity index (χ3n) is 10.1. The van der Waals surface area contributed by atoms with Crippen LogP contribution in [0.15, 0.2) is 70.3 Å². The van der Waals surface area contributed by atoms with Crippen LogP contribution in [0.5, 0.6) is 17.2 Å². The van der Waals surface area contributed by atoms with Crippen molar-refractivity contribution in [2.75, 3.05) is 46.3 Å². The molecule has 0 spiro atoms. The van der Waals surface area contributed by atoms with Gasteiger partial charge in [0.2, 0.25) is 22.7 Å². The summed E-state index contributed by atoms with van der Waals surface area (Å²) < 4.78 is 75.8. The van der Waals surface area contributed by atoms with Crippen LogP contribution in [0.1, 0.15) is 41.4 Å². The second kappa shape index (κ2) is 21.0. The van der Waals surface area contributed by atoms with E-state index in [1.54, 1.807) is 24.3 Å². The van der Waals surface area contributed by atoms with Crippen molar-refractivity contribution in [2.45, 2.75) is 76.2 Å². The van der Waals surface area contributed by atoms with Crippen LogP contribution in [-0.2, 0) is 62.9 Å². The van der Waals surface area contributed by atoms with E-state index < -0.39 is 65.7 Å². The van der Waals surface area contributed by atoms with Crippen molar-refractivity contribution in [3.05, 3.63) is 86.5 Å². The molecule has 62 heavy (non-hydrogen) atoms. The summed E-state index contributed by atoms with van der Waals surface area (Å²) in [4.78, 5) is 45.3. The van der Waals surface area contributed by atoms with Gasteiger partial charge in [-0.25, -0.2) is 23.0 Å². The number of alkyl carbamates (subject to hydrolysis) is 1. The summed E-state index contributed by atoms with van der Waals surface area (Å²) in [6, 6.07) is 14.2. The largest absolute Gasteiger partial charge is 0.487 e. The number of fused-ring (bicyclic) bond motifs is 2. The number of nitrogens with one attached hydrogen (secondary N) is 2. The molecule has 7 rings (SSSR count). The molecular formula is C42H50N4O13S3. The third-order valence-corrected chi connectivity index (χ3v) is 13.7. The topological polar surface area (TPSA) is 199 Å². The van der Waals surface area contributed by atoms with Crippen molar-refractivity contribution in [3.8, 4) is 17.2 Å². The minimum atomic E-state index is -4.27. The van der Waals surface area contributed by atoms with Crippen molar-refractivity contribution < 1.29 is 60.7 Å². The predicted octanol–water partition coefficient (Wildman–Crippen LogP) is 4.81. The first kappa shape index (κ1) is 45.2. The monoisotopic (exact) mass is 914 g/mol. The van der Waals surface area contributed by atoms with Crippen LogP contribution in [0.3, 0.4) is 0 Å². The second-order valence-electron chi connectivity index (χ2n) is 15.3. The summed E-state index contributed by atoms with van der Waals surface area (Å²) in [7, 11) is -4.27. The Hall–Kier alpha value is -4.83. The fraction of sp³-hybridized carbons (Fsp3) is 0.476. The Morgan fingerprint density at radius 1 is 1.00 bits per heavy atom. The van der Waals surface area contributed by atoms with Crippen molar-refractivity contribution >= 4 is 50.7 Å². The lowest BCUT2D eigenvalue weighted by Crippen LogP contribution is -2.53. The first-order chi connectivity index (χ1) is 29.9. The van der Waals surface area contributed by atoms with E-state index in [1.165, 1.54) is 45.2 Å². The Labute approximate surface area is 367 Å². The Morgan fingerprint density at radius 2 is 1.82 bits per heavy atom. The average molecular weight is 915 g/mol. The van der Waals surface area contributed by atoms with Gasteiger partial charge >= 0.3 is 12.1 Å². The first-order valence-corrected chi connectivity index (χ1v) is 23.4. The zero-order chi connectivity index (χ0) is 43.6. The molecule has 2 saturated heterocycles. The summed E-state index contributed by atoms with van der Waals surface area (Å²) in [5.41, 5.74) is 1.51. The number of carbonyl (C=O) groups excluding carboxylic acids is 3. The van der Waals surface area contributed by atoms with E-state index >= 15 is 0 Å². The Morgan fingerprint density at radius 3 is 2.58 bits per heavy atom. The lowest BCUT2D eigenvalue weighted by atomic mass is 10.0. The van der Waals surface area contributed by atoms with E-state index in [0.717, 1.165) is 15.6 Å². The average Bonchev–Trinajstić information content (AvgIpc) is 4.10. The zero-order valence-electron chi connectivity index (χ0n) is 34.5. The number of esters is 1. The van der Waals surface area contributed by atoms with Crippen molar-refractivity contribution in [1.29, 1.82) is 0 Å². The molecule has 2 fully saturated rings. The van der Waals surface area contributed by atoms with Crippen LogP contribution in [-0.4, -0.2) is 107 Å². The lowest BCUT2D eigenvalue weighted by molar-refractivity contribution is -0.157. The SMILES string of the molecule is Cc1nc(COc2ccc(C[C@H](NC(=O)O[C@H]3CO[C@H]4OCC[C@H]43)[C@@H](CN(CC(C)C)S(=O)(=O)c3ccc4c(c3)OCO4)OC(=O)COCC(=O)NCc3cccs3)cc2)cs1. The number of hydrogen-bond acceptors (Lipinski definition) is 16. The first-order valence-electron chi connectivity index (χ1n) is 20.2. The highest BCUT2D eigenvalue weighted by atomic mass is 32.2. The van der Waals surface area contributed by atoms with Crippen LogP contribution >= 0.6 is 22.7 Å². The lowest BCUT2D eigenvalue weighted by Gasteiger charge is -2.33. The number of carbonyl (C=O) groups is 3. The minimum absolute atomic E-state index is 0.0237. The molecule has 5 atom stereocenters. The quantitative estimate of drug-likeness (QED) is 0.108. The Kier molecular flexibility index (Phi) is 15.3. The number of thiazole rings is 1. The highest BCUT2D eigenvalue weighted by molar-refractivity contribution is 7.89. The number of thiophene rings is 1. The molecule has 0 aliphatic carbocycles. The van der Waals surface area contributed by atoms with Gasteiger partial charge in [-0.05, 0) is 67.0 Å². The fourth-order valence-corrected chi connectivity index (χ4v) is 10.0. The summed E-state index contributed by atoms with van der Waals surface area (Å²) in [6.45, 7) is 5.37. The molecule has 2 aromatic carbocycles. The number of hydrogen-bond donors (Lipinski definition) is 2. The highest BCUT2D eigenvalue weighted by Gasteiger charge is 2.44. The normalized spacial score (nSPS) is 19.0. The van der Waals surface area contributed by atoms with Gasteiger partial charge in [0, 0.05) is 22.9 Å². The van der Waals surface area contributed by atoms with Gasteiger partial charge in [0.15, 0.2) is 17.8 Å². The Balaban J connectivity index is 1.13. The molecule has 17 nitrogen and oxygen atoms in total. The maximum Gasteiger partial charge on any atom is 0.407 e. The van der Waals surface area contributed by atoms with Crippen molar-refractivity contribution in [1.82, 2.24) is 19.9 Å². The molecule has 334 valence electrons. The third kappa shape index (κ3) is 12.2. The van der Waals surface area contributed by atoms with Gasteiger partial charge in [-0.15, -0.1) is 22.7 Å². The van der Waals surface area contributed by atoms with Gasteiger partial charge in [0.05, 0.1) is 53.9 Å². The number of benzene rings is 2. The molecule has 20 heteroatoms. The second-order valence-corrected chi connectivity index (χ2v) is 19.4. The Bertz CT molecular complexity index is 2240. The molecule has 3 aliphatic rings. The van der Waals surface area contributed by atoms with E-state index in [2.05, 4.69) is 15.6 Å². The number of nitrogens with zero attached hydrogens (tertiary/aromatic N) is 2. The van der Waals surface area contributed by atoms with Crippen LogP contribution < -0.4 is 24.8 Å². The highest BCUT2D eigenvalue weighted by Crippen LogP contribution is 2.36. The van der Waals surface area contributed by atoms with E-state index in [9.17, 15) is 22.8 Å². The molecule has 3 aliphatic heterocycles. The van der Waals surface area contributed by atoms with Crippen molar-refractivity contribution in [3.63, 3.8) is 0 Å². The van der Waals surface area contributed by atoms with Crippen LogP contribution in [0.4, 0.5) is 4.79 Å². The number of aromatic nitrogens is 1. The minimum Gasteiger partial charge on any atom is -0.487 e. The summed E-state index contributed by atoms with van der Waals surface area (Å²) in [6.07, 6.45) is -2.47. The molecule has 2 amide bonds. The van der Waals surface area contributed by atoms with E-state index in [-0.39, 0.29) is 62.0 Å². The molecule has 2 N–H and O–H groups in total. The summed E-state index contributed by atoms with van der Waals surface area (Å²) in [5, 5.41) is 10.4. The van der Waals surface area contributed by atoms with Gasteiger partial charge in [-0.2, -0.15) is 4.31 Å². The van der Waals surface area contributed by atoms with Crippen LogP contribution in [0.2, 0.25) is 0 Å². The smallest absolute Gasteiger partial charge is 0.407 e. The number of aryl methyl sites for hydroxylation is 1. The van der Waals surface area contributed by atoms with Gasteiger partial charge in [0.1, 0.15) is 37.8 Å². The van der Waals surface area contributed by atoms with E-state index in [1.807, 2.05) is 43.7 Å². The molecule has 0 radical (unpaired) electrons. The standard InChI is InChI=1S/C42H50N4O13S3/c1-26(2)18-46(62(50,51)32-10-11-35-36(16-32)57-25-56-35)19-37(58-40(48)23-52-22-39(47)43-17-31-5-4-14-60-31)34(45-42(49)59-38-21-55-41-33(38)12-13-53-41)15-28-6-8-30(9-7-28)54-20-29-24-61-27(3)44-29/h4-11,14,16,24,26,33-34,37-38,41H,12-13,15,17-23,25H2,1-3H3,(H,43,47)(H,45,49)/t33-,34-,37+,38-,41+/m0/s1. The molecule has 0 bridgehead atoms. The number of rotatable bonds is 21. The van der Waals surface area contributed by atoms with Gasteiger partial charge in [0.25, 0.3) is 0 Å². The fourth-order valence-electron chi connectivity index (χ4n) is 7.14. The number of ether oxygens (including phenoxy) is 8. The molecular weight excluding hydrogens is 865 g/mol. The van der Waals surface area contributed by atoms with Crippen LogP contribution in [0, 0.1) is 18.8 Å². The van der Waals surface area contributed by atoms with E-state index in [4.69, 9.17) is 37.9 Å². The van der Waals surface area contributed by atoms with Gasteiger partial charge in [-0.1, -0.05) is 32.0 Å². The van der Waals surface area contributed by atoms with Crippen LogP contribution in [0.25, 0.3) is 0 Å². The zero-order valence-corrected chi connectivity index (χ0v) is 37.0. The molecule has 2 aromatic heterocycles. The summed E-state index contributed by atoms with van der Waals surface area (Å²) in [5.74, 6) is -0.390. The predicted molar refractivity (Wildman–Crippen MR) is 225 cm³/mol. The van der Waals surface area contributed by atoms with Gasteiger partial charge < -0.3 is 48.5 Å². The summed E-state index contributed by atoms with van der Waals surface area (Å²) >= 11 is 3.02. The maximum atomic E-state index is 14.5. The number of amides is 2.